The van der Waals surface area contributed by atoms with Crippen LogP contribution in [0.1, 0.15) is 69.2 Å². The summed E-state index contributed by atoms with van der Waals surface area (Å²) in [6.45, 7) is 9.22. The minimum absolute atomic E-state index is 0.0176. The number of fused-ring (bicyclic) bond motifs is 1. The number of rotatable bonds is 16. The van der Waals surface area contributed by atoms with Gasteiger partial charge in [-0.05, 0) is 138 Å². The summed E-state index contributed by atoms with van der Waals surface area (Å²) in [4.78, 5) is 14.7. The van der Waals surface area contributed by atoms with E-state index in [9.17, 15) is 30.0 Å². The Morgan fingerprint density at radius 1 is 0.953 bits per heavy atom. The molecule has 11 nitrogen and oxygen atoms in total. The van der Waals surface area contributed by atoms with E-state index in [1.54, 1.807) is 0 Å². The Bertz CT molecular complexity index is 2520. The number of thioether (sulfide) groups is 1. The summed E-state index contributed by atoms with van der Waals surface area (Å²) in [5.41, 5.74) is -0.329. The zero-order valence-electron chi connectivity index (χ0n) is 36.7. The number of nitrogens with zero attached hydrogens (tertiary/aromatic N) is 5. The number of piperidine rings is 1. The van der Waals surface area contributed by atoms with E-state index in [2.05, 4.69) is 55.8 Å². The normalized spacial score (nSPS) is 18.5. The molecule has 3 aliphatic rings. The lowest BCUT2D eigenvalue weighted by molar-refractivity contribution is -0.0435. The summed E-state index contributed by atoms with van der Waals surface area (Å²) in [6, 6.07) is 20.3. The zero-order valence-corrected chi connectivity index (χ0v) is 39.9. The highest BCUT2D eigenvalue weighted by Gasteiger charge is 2.48. The first-order chi connectivity index (χ1) is 30.3. The van der Waals surface area contributed by atoms with Gasteiger partial charge in [-0.25, -0.2) is 26.8 Å². The quantitative estimate of drug-likeness (QED) is 0.104. The van der Waals surface area contributed by atoms with Crippen molar-refractivity contribution in [3.8, 4) is 0 Å². The maximum Gasteiger partial charge on any atom is 0.501 e. The maximum atomic E-state index is 14.2. The van der Waals surface area contributed by atoms with Gasteiger partial charge in [-0.3, -0.25) is 14.5 Å². The second kappa shape index (κ2) is 20.0. The highest BCUT2D eigenvalue weighted by Crippen LogP contribution is 2.44. The van der Waals surface area contributed by atoms with Gasteiger partial charge in [0.25, 0.3) is 19.9 Å². The van der Waals surface area contributed by atoms with Crippen molar-refractivity contribution in [3.63, 3.8) is 0 Å². The Kier molecular flexibility index (Phi) is 15.1. The van der Waals surface area contributed by atoms with E-state index < -0.39 is 41.2 Å². The molecule has 0 saturated carbocycles. The number of sulfone groups is 1. The van der Waals surface area contributed by atoms with Gasteiger partial charge in [0.1, 0.15) is 17.0 Å². The number of likely N-dealkylation sites (tertiary alicyclic amines) is 1. The average molecular weight is 961 g/mol. The molecule has 2 N–H and O–H groups in total. The fourth-order valence-corrected chi connectivity index (χ4v) is 12.0. The molecular weight excluding hydrogens is 903 g/mol. The summed E-state index contributed by atoms with van der Waals surface area (Å²) in [7, 11) is -6.87. The minimum Gasteiger partial charge on any atom is -0.380 e. The third-order valence-electron chi connectivity index (χ3n) is 12.5. The molecule has 3 aromatic carbocycles. The van der Waals surface area contributed by atoms with Crippen molar-refractivity contribution in [2.75, 3.05) is 62.6 Å². The second-order valence-corrected chi connectivity index (χ2v) is 23.2. The number of benzene rings is 3. The number of hydrogen-bond donors (Lipinski definition) is 2. The number of aromatic nitrogens is 2. The lowest BCUT2D eigenvalue weighted by atomic mass is 9.72. The van der Waals surface area contributed by atoms with Crippen molar-refractivity contribution < 1.29 is 30.0 Å². The van der Waals surface area contributed by atoms with Crippen LogP contribution in [0.4, 0.5) is 24.7 Å². The number of anilines is 2. The van der Waals surface area contributed by atoms with Crippen LogP contribution in [0, 0.1) is 5.41 Å². The van der Waals surface area contributed by atoms with Gasteiger partial charge in [-0.1, -0.05) is 61.4 Å². The second-order valence-electron chi connectivity index (χ2n) is 18.1. The molecule has 1 fully saturated rings. The van der Waals surface area contributed by atoms with E-state index in [-0.39, 0.29) is 16.9 Å². The monoisotopic (exact) mass is 959 g/mol. The van der Waals surface area contributed by atoms with Crippen molar-refractivity contribution in [2.24, 2.45) is 5.41 Å². The van der Waals surface area contributed by atoms with Gasteiger partial charge in [0, 0.05) is 53.0 Å². The minimum atomic E-state index is -5.98. The lowest BCUT2D eigenvalue weighted by Gasteiger charge is -2.41. The summed E-state index contributed by atoms with van der Waals surface area (Å²) in [5, 5.41) is 3.74. The molecule has 346 valence electrons. The Morgan fingerprint density at radius 3 is 2.36 bits per heavy atom. The van der Waals surface area contributed by atoms with E-state index >= 15 is 0 Å². The first-order valence-electron chi connectivity index (χ1n) is 21.6. The number of sulfonamides is 1. The summed E-state index contributed by atoms with van der Waals surface area (Å²) in [6.07, 6.45) is 7.41. The molecule has 7 rings (SSSR count). The van der Waals surface area contributed by atoms with Crippen LogP contribution in [0.3, 0.4) is 0 Å². The van der Waals surface area contributed by atoms with Crippen molar-refractivity contribution >= 4 is 60.3 Å². The van der Waals surface area contributed by atoms with E-state index in [4.69, 9.17) is 11.6 Å². The Balaban J connectivity index is 1.04. The molecular formula is C46H57ClF3N7O4S3. The SMILES string of the molecule is CN(C)CCC(CSc1ccccc1)Nc1ccc(S(=O)(=O)Nc2ncnc3c2CCN(C2CCN(CC4=C(c5ccc(Cl)cc5)CC(C)(C)CC4)CC2)C3)cc1S(=O)(=O)C(F)(F)F. The predicted molar refractivity (Wildman–Crippen MR) is 250 cm³/mol. The van der Waals surface area contributed by atoms with E-state index in [1.807, 2.05) is 61.5 Å². The molecule has 3 heterocycles. The fraction of sp³-hybridized carbons (Fsp3) is 0.478. The van der Waals surface area contributed by atoms with Crippen molar-refractivity contribution in [1.29, 1.82) is 0 Å². The fourth-order valence-electron chi connectivity index (χ4n) is 8.82. The Hall–Kier alpha value is -3.71. The molecule has 0 radical (unpaired) electrons. The highest BCUT2D eigenvalue weighted by molar-refractivity contribution is 7.99. The van der Waals surface area contributed by atoms with Crippen LogP contribution < -0.4 is 10.0 Å². The van der Waals surface area contributed by atoms with Gasteiger partial charge >= 0.3 is 5.51 Å². The molecule has 1 aliphatic carbocycles. The standard InChI is InChI=1S/C46H57ClF3N7O4S3/c1-45(2)21-16-33(40(27-45)32-10-12-34(47)13-11-32)28-56-23-18-36(19-24-56)57-25-20-39-42(29-57)51-31-52-44(39)54-64(60,61)38-14-15-41(43(26-38)63(58,59)46(48,49)50)53-35(17-22-55(3)4)30-62-37-8-6-5-7-9-37/h5-15,26,31,35-36,53H,16-25,27-30H2,1-4H3,(H,51,52,54). The van der Waals surface area contributed by atoms with Crippen molar-refractivity contribution in [1.82, 2.24) is 24.7 Å². The molecule has 18 heteroatoms. The number of hydrogen-bond acceptors (Lipinski definition) is 11. The lowest BCUT2D eigenvalue weighted by Crippen LogP contribution is -2.47. The number of allylic oxidation sites excluding steroid dienone is 1. The van der Waals surface area contributed by atoms with E-state index in [0.717, 1.165) is 73.8 Å². The van der Waals surface area contributed by atoms with Crippen LogP contribution in [0.15, 0.2) is 99.4 Å². The van der Waals surface area contributed by atoms with Gasteiger partial charge in [0.05, 0.1) is 16.3 Å². The molecule has 0 bridgehead atoms. The van der Waals surface area contributed by atoms with Gasteiger partial charge < -0.3 is 10.2 Å². The van der Waals surface area contributed by atoms with Crippen LogP contribution in [0.25, 0.3) is 5.57 Å². The summed E-state index contributed by atoms with van der Waals surface area (Å²) < 4.78 is 99.0. The molecule has 2 aliphatic heterocycles. The molecule has 1 aromatic heterocycles. The number of alkyl halides is 3. The van der Waals surface area contributed by atoms with Crippen LogP contribution in [-0.2, 0) is 32.8 Å². The van der Waals surface area contributed by atoms with E-state index in [0.29, 0.717) is 61.6 Å². The Morgan fingerprint density at radius 2 is 1.67 bits per heavy atom. The molecule has 0 amide bonds. The predicted octanol–water partition coefficient (Wildman–Crippen LogP) is 9.24. The Labute approximate surface area is 385 Å². The van der Waals surface area contributed by atoms with Crippen molar-refractivity contribution in [3.05, 3.63) is 107 Å². The summed E-state index contributed by atoms with van der Waals surface area (Å²) in [5.74, 6) is 0.425. The third-order valence-corrected chi connectivity index (χ3v) is 16.8. The van der Waals surface area contributed by atoms with E-state index in [1.165, 1.54) is 34.8 Å². The zero-order chi connectivity index (χ0) is 45.9. The van der Waals surface area contributed by atoms with Gasteiger partial charge in [0.15, 0.2) is 0 Å². The molecule has 1 saturated heterocycles. The smallest absolute Gasteiger partial charge is 0.380 e. The van der Waals surface area contributed by atoms with Gasteiger partial charge in [-0.15, -0.1) is 11.8 Å². The molecule has 0 spiro atoms. The number of nitrogens with one attached hydrogen (secondary N) is 2. The first kappa shape index (κ1) is 48.2. The molecule has 1 atom stereocenters. The van der Waals surface area contributed by atoms with Crippen LogP contribution in [0.5, 0.6) is 0 Å². The summed E-state index contributed by atoms with van der Waals surface area (Å²) >= 11 is 7.70. The van der Waals surface area contributed by atoms with Crippen molar-refractivity contribution in [2.45, 2.75) is 97.6 Å². The first-order valence-corrected chi connectivity index (χ1v) is 25.9. The molecule has 1 unspecified atom stereocenters. The average Bonchev–Trinajstić information content (AvgIpc) is 3.25. The van der Waals surface area contributed by atoms with Gasteiger partial charge in [0.2, 0.25) is 0 Å². The molecule has 4 aromatic rings. The third kappa shape index (κ3) is 11.8. The largest absolute Gasteiger partial charge is 0.501 e. The van der Waals surface area contributed by atoms with Crippen LogP contribution in [-0.4, -0.2) is 112 Å². The molecule has 64 heavy (non-hydrogen) atoms. The van der Waals surface area contributed by atoms with Gasteiger partial charge in [-0.2, -0.15) is 13.2 Å². The highest BCUT2D eigenvalue weighted by atomic mass is 35.5. The topological polar surface area (TPSA) is 128 Å². The van der Waals surface area contributed by atoms with Crippen LogP contribution in [0.2, 0.25) is 5.02 Å². The number of halogens is 4. The van der Waals surface area contributed by atoms with Crippen LogP contribution >= 0.6 is 23.4 Å². The maximum absolute atomic E-state index is 14.2.